The van der Waals surface area contributed by atoms with Gasteiger partial charge in [-0.2, -0.15) is 0 Å². The van der Waals surface area contributed by atoms with E-state index < -0.39 is 17.7 Å². The van der Waals surface area contributed by atoms with Gasteiger partial charge in [-0.1, -0.05) is 49.7 Å². The summed E-state index contributed by atoms with van der Waals surface area (Å²) in [4.78, 5) is 31.9. The number of hydrogen-bond acceptors (Lipinski definition) is 5. The van der Waals surface area contributed by atoms with Crippen LogP contribution in [0.15, 0.2) is 78.6 Å². The summed E-state index contributed by atoms with van der Waals surface area (Å²) in [5.74, 6) is -0.480. The van der Waals surface area contributed by atoms with Gasteiger partial charge in [0.2, 0.25) is 0 Å². The molecule has 4 rings (SSSR count). The molecule has 6 heteroatoms. The van der Waals surface area contributed by atoms with Crippen LogP contribution in [0.3, 0.4) is 0 Å². The van der Waals surface area contributed by atoms with E-state index >= 15 is 0 Å². The highest BCUT2D eigenvalue weighted by Gasteiger charge is 2.46. The van der Waals surface area contributed by atoms with Gasteiger partial charge in [0, 0.05) is 24.5 Å². The van der Waals surface area contributed by atoms with Crippen molar-refractivity contribution in [2.75, 3.05) is 6.61 Å². The SMILES string of the molecule is Cc1cccc(C2/C(=C(/O)c3ccc(OCC(C)C)cc3)C(=O)C(=O)N2Cc2cccnc2)c1. The second-order valence-corrected chi connectivity index (χ2v) is 8.93. The number of ether oxygens (including phenoxy) is 1. The maximum Gasteiger partial charge on any atom is 0.295 e. The van der Waals surface area contributed by atoms with Crippen LogP contribution in [0.25, 0.3) is 5.76 Å². The molecular formula is C28H28N2O4. The summed E-state index contributed by atoms with van der Waals surface area (Å²) in [7, 11) is 0. The van der Waals surface area contributed by atoms with Gasteiger partial charge in [0.25, 0.3) is 11.7 Å². The van der Waals surface area contributed by atoms with E-state index in [0.29, 0.717) is 23.8 Å². The second kappa shape index (κ2) is 9.91. The van der Waals surface area contributed by atoms with Crippen molar-refractivity contribution in [2.45, 2.75) is 33.4 Å². The minimum absolute atomic E-state index is 0.0790. The highest BCUT2D eigenvalue weighted by atomic mass is 16.5. The largest absolute Gasteiger partial charge is 0.507 e. The van der Waals surface area contributed by atoms with Crippen LogP contribution in [0, 0.1) is 12.8 Å². The Balaban J connectivity index is 1.76. The van der Waals surface area contributed by atoms with E-state index in [0.717, 1.165) is 16.7 Å². The number of amides is 1. The molecule has 3 aromatic rings. The molecule has 0 saturated carbocycles. The van der Waals surface area contributed by atoms with Crippen LogP contribution < -0.4 is 4.74 Å². The molecule has 1 aromatic heterocycles. The third kappa shape index (κ3) is 4.86. The standard InChI is InChI=1S/C28H28N2O4/c1-18(2)17-34-23-11-9-21(10-12-23)26(31)24-25(22-8-4-6-19(3)14-22)30(28(33)27(24)32)16-20-7-5-13-29-15-20/h4-15,18,25,31H,16-17H2,1-3H3/b26-24-. The number of carbonyl (C=O) groups is 2. The lowest BCUT2D eigenvalue weighted by atomic mass is 9.94. The molecule has 174 valence electrons. The average molecular weight is 457 g/mol. The van der Waals surface area contributed by atoms with E-state index in [-0.39, 0.29) is 17.9 Å². The fourth-order valence-corrected chi connectivity index (χ4v) is 4.05. The predicted octanol–water partition coefficient (Wildman–Crippen LogP) is 5.05. The molecular weight excluding hydrogens is 428 g/mol. The average Bonchev–Trinajstić information content (AvgIpc) is 3.08. The molecule has 1 saturated heterocycles. The van der Waals surface area contributed by atoms with E-state index in [1.807, 2.05) is 37.3 Å². The van der Waals surface area contributed by atoms with Crippen LogP contribution >= 0.6 is 0 Å². The summed E-state index contributed by atoms with van der Waals surface area (Å²) >= 11 is 0. The molecule has 1 atom stereocenters. The van der Waals surface area contributed by atoms with Gasteiger partial charge >= 0.3 is 0 Å². The zero-order valence-corrected chi connectivity index (χ0v) is 19.6. The number of aliphatic hydroxyl groups is 1. The normalized spacial score (nSPS) is 17.4. The molecule has 1 aliphatic rings. The summed E-state index contributed by atoms with van der Waals surface area (Å²) in [5.41, 5.74) is 3.09. The number of Topliss-reactive ketones (excluding diaryl/α,β-unsaturated/α-hetero) is 1. The number of hydrogen-bond donors (Lipinski definition) is 1. The Kier molecular flexibility index (Phi) is 6.77. The smallest absolute Gasteiger partial charge is 0.295 e. The number of pyridine rings is 1. The lowest BCUT2D eigenvalue weighted by Crippen LogP contribution is -2.29. The van der Waals surface area contributed by atoms with E-state index in [1.54, 1.807) is 42.7 Å². The Morgan fingerprint density at radius 3 is 2.50 bits per heavy atom. The number of ketones is 1. The minimum Gasteiger partial charge on any atom is -0.507 e. The van der Waals surface area contributed by atoms with E-state index in [9.17, 15) is 14.7 Å². The molecule has 2 aromatic carbocycles. The van der Waals surface area contributed by atoms with Gasteiger partial charge in [0.15, 0.2) is 0 Å². The summed E-state index contributed by atoms with van der Waals surface area (Å²) in [6.07, 6.45) is 3.33. The van der Waals surface area contributed by atoms with Gasteiger partial charge in [-0.15, -0.1) is 0 Å². The molecule has 1 amide bonds. The third-order valence-corrected chi connectivity index (χ3v) is 5.68. The summed E-state index contributed by atoms with van der Waals surface area (Å²) in [5, 5.41) is 11.2. The number of nitrogens with zero attached hydrogens (tertiary/aromatic N) is 2. The van der Waals surface area contributed by atoms with Gasteiger partial charge in [0.05, 0.1) is 18.2 Å². The molecule has 2 heterocycles. The van der Waals surface area contributed by atoms with Crippen molar-refractivity contribution < 1.29 is 19.4 Å². The summed E-state index contributed by atoms with van der Waals surface area (Å²) in [6.45, 7) is 6.87. The fraction of sp³-hybridized carbons (Fsp3) is 0.250. The highest BCUT2D eigenvalue weighted by molar-refractivity contribution is 6.46. The number of rotatable bonds is 7. The summed E-state index contributed by atoms with van der Waals surface area (Å²) < 4.78 is 5.72. The first-order valence-corrected chi connectivity index (χ1v) is 11.3. The van der Waals surface area contributed by atoms with Crippen molar-refractivity contribution in [3.8, 4) is 5.75 Å². The predicted molar refractivity (Wildman–Crippen MR) is 130 cm³/mol. The monoisotopic (exact) mass is 456 g/mol. The molecule has 1 aliphatic heterocycles. The Morgan fingerprint density at radius 1 is 1.09 bits per heavy atom. The zero-order valence-electron chi connectivity index (χ0n) is 19.6. The molecule has 0 aliphatic carbocycles. The number of benzene rings is 2. The molecule has 0 spiro atoms. The number of aliphatic hydroxyl groups excluding tert-OH is 1. The van der Waals surface area contributed by atoms with Crippen LogP contribution in [-0.2, 0) is 16.1 Å². The van der Waals surface area contributed by atoms with Gasteiger partial charge < -0.3 is 14.7 Å². The topological polar surface area (TPSA) is 79.7 Å². The van der Waals surface area contributed by atoms with Crippen molar-refractivity contribution in [1.29, 1.82) is 0 Å². The minimum atomic E-state index is -0.711. The van der Waals surface area contributed by atoms with Crippen LogP contribution in [0.1, 0.15) is 42.1 Å². The Morgan fingerprint density at radius 2 is 1.85 bits per heavy atom. The van der Waals surface area contributed by atoms with E-state index in [4.69, 9.17) is 4.74 Å². The number of carbonyl (C=O) groups excluding carboxylic acids is 2. The van der Waals surface area contributed by atoms with Crippen molar-refractivity contribution in [2.24, 2.45) is 5.92 Å². The van der Waals surface area contributed by atoms with Crippen molar-refractivity contribution in [3.05, 3.63) is 101 Å². The maximum absolute atomic E-state index is 13.2. The molecule has 1 unspecified atom stereocenters. The van der Waals surface area contributed by atoms with Crippen LogP contribution in [0.5, 0.6) is 5.75 Å². The van der Waals surface area contributed by atoms with Crippen molar-refractivity contribution >= 4 is 17.4 Å². The molecule has 34 heavy (non-hydrogen) atoms. The highest BCUT2D eigenvalue weighted by Crippen LogP contribution is 2.40. The van der Waals surface area contributed by atoms with E-state index in [1.165, 1.54) is 4.90 Å². The molecule has 0 bridgehead atoms. The molecule has 0 radical (unpaired) electrons. The fourth-order valence-electron chi connectivity index (χ4n) is 4.05. The van der Waals surface area contributed by atoms with Crippen LogP contribution in [0.2, 0.25) is 0 Å². The molecule has 1 fully saturated rings. The quantitative estimate of drug-likeness (QED) is 0.306. The first-order chi connectivity index (χ1) is 16.3. The first kappa shape index (κ1) is 23.2. The first-order valence-electron chi connectivity index (χ1n) is 11.3. The Bertz CT molecular complexity index is 1220. The van der Waals surface area contributed by atoms with Gasteiger partial charge in [0.1, 0.15) is 11.5 Å². The lowest BCUT2D eigenvalue weighted by Gasteiger charge is -2.25. The van der Waals surface area contributed by atoms with Gasteiger partial charge in [-0.05, 0) is 54.3 Å². The molecule has 6 nitrogen and oxygen atoms in total. The maximum atomic E-state index is 13.2. The third-order valence-electron chi connectivity index (χ3n) is 5.68. The number of likely N-dealkylation sites (tertiary alicyclic amines) is 1. The van der Waals surface area contributed by atoms with Gasteiger partial charge in [-0.25, -0.2) is 0 Å². The van der Waals surface area contributed by atoms with Crippen LogP contribution in [0.4, 0.5) is 0 Å². The molecule has 1 N–H and O–H groups in total. The lowest BCUT2D eigenvalue weighted by molar-refractivity contribution is -0.140. The van der Waals surface area contributed by atoms with Crippen molar-refractivity contribution in [1.82, 2.24) is 9.88 Å². The van der Waals surface area contributed by atoms with Gasteiger partial charge in [-0.3, -0.25) is 14.6 Å². The van der Waals surface area contributed by atoms with E-state index in [2.05, 4.69) is 18.8 Å². The zero-order chi connectivity index (χ0) is 24.2. The van der Waals surface area contributed by atoms with Crippen LogP contribution in [-0.4, -0.2) is 33.3 Å². The van der Waals surface area contributed by atoms with Crippen molar-refractivity contribution in [3.63, 3.8) is 0 Å². The number of aryl methyl sites for hydroxylation is 1. The second-order valence-electron chi connectivity index (χ2n) is 8.93. The Hall–Kier alpha value is -3.93. The summed E-state index contributed by atoms with van der Waals surface area (Å²) in [6, 6.07) is 17.5. The number of aromatic nitrogens is 1. The Labute approximate surface area is 199 Å².